The molecule has 0 amide bonds. The zero-order valence-electron chi connectivity index (χ0n) is 15.2. The quantitative estimate of drug-likeness (QED) is 0.479. The molecule has 7 nitrogen and oxygen atoms in total. The molecule has 2 N–H and O–H groups in total. The van der Waals surface area contributed by atoms with Crippen molar-refractivity contribution < 1.29 is 0 Å². The molecule has 0 saturated heterocycles. The van der Waals surface area contributed by atoms with E-state index in [0.29, 0.717) is 13.1 Å². The fourth-order valence-corrected chi connectivity index (χ4v) is 3.75. The van der Waals surface area contributed by atoms with E-state index >= 15 is 0 Å². The maximum Gasteiger partial charge on any atom is 0.192 e. The number of hydrogen-bond acceptors (Lipinski definition) is 6. The smallest absolute Gasteiger partial charge is 0.192 e. The average molecular weight is 390 g/mol. The molecule has 0 fully saturated rings. The lowest BCUT2D eigenvalue weighted by Gasteiger charge is -2.11. The Labute approximate surface area is 161 Å². The van der Waals surface area contributed by atoms with E-state index in [1.54, 1.807) is 22.7 Å². The summed E-state index contributed by atoms with van der Waals surface area (Å²) in [6.45, 7) is 5.94. The molecule has 3 aromatic heterocycles. The number of thiazole rings is 1. The first-order valence-electron chi connectivity index (χ1n) is 8.42. The molecule has 0 radical (unpaired) electrons. The molecule has 0 aromatic carbocycles. The molecule has 0 aliphatic rings. The van der Waals surface area contributed by atoms with E-state index in [1.165, 1.54) is 9.75 Å². The first-order valence-corrected chi connectivity index (χ1v) is 10.1. The fraction of sp³-hybridized carbons (Fsp3) is 0.412. The van der Waals surface area contributed by atoms with Crippen LogP contribution in [0.4, 0.5) is 0 Å². The Balaban J connectivity index is 1.61. The molecule has 3 rings (SSSR count). The van der Waals surface area contributed by atoms with Crippen LogP contribution in [0.5, 0.6) is 0 Å². The number of rotatable bonds is 7. The minimum absolute atomic E-state index is 0.475. The Kier molecular flexibility index (Phi) is 6.35. The normalized spacial score (nSPS) is 11.7. The first kappa shape index (κ1) is 18.5. The highest BCUT2D eigenvalue weighted by Gasteiger charge is 2.06. The number of aliphatic imine (C=N–C) groups is 1. The average Bonchev–Trinajstić information content (AvgIpc) is 3.35. The Bertz CT molecular complexity index is 848. The van der Waals surface area contributed by atoms with Crippen LogP contribution in [-0.4, -0.2) is 32.3 Å². The van der Waals surface area contributed by atoms with Gasteiger partial charge in [-0.3, -0.25) is 0 Å². The second-order valence-corrected chi connectivity index (χ2v) is 8.21. The van der Waals surface area contributed by atoms with Crippen LogP contribution in [0.25, 0.3) is 0 Å². The molecule has 26 heavy (non-hydrogen) atoms. The monoisotopic (exact) mass is 389 g/mol. The predicted molar refractivity (Wildman–Crippen MR) is 107 cm³/mol. The summed E-state index contributed by atoms with van der Waals surface area (Å²) in [5.41, 5.74) is 0. The third-order valence-corrected chi connectivity index (χ3v) is 5.73. The number of nitrogens with one attached hydrogen (secondary N) is 2. The van der Waals surface area contributed by atoms with Gasteiger partial charge < -0.3 is 15.2 Å². The van der Waals surface area contributed by atoms with Crippen LogP contribution in [0.15, 0.2) is 28.7 Å². The van der Waals surface area contributed by atoms with Crippen molar-refractivity contribution in [3.05, 3.63) is 50.1 Å². The summed E-state index contributed by atoms with van der Waals surface area (Å²) in [7, 11) is 1.95. The van der Waals surface area contributed by atoms with E-state index in [0.717, 1.165) is 35.6 Å². The third kappa shape index (κ3) is 5.12. The Morgan fingerprint density at radius 1 is 1.27 bits per heavy atom. The molecule has 3 aromatic rings. The first-order chi connectivity index (χ1) is 12.6. The fourth-order valence-electron chi connectivity index (χ4n) is 2.31. The SMILES string of the molecule is Cc1cnc(CNC(=NCc2nnc(C)n2C)NCCc2cccs2)s1. The summed E-state index contributed by atoms with van der Waals surface area (Å²) in [4.78, 5) is 11.6. The molecule has 138 valence electrons. The minimum atomic E-state index is 0.475. The van der Waals surface area contributed by atoms with Gasteiger partial charge in [0.15, 0.2) is 11.8 Å². The second kappa shape index (κ2) is 8.91. The summed E-state index contributed by atoms with van der Waals surface area (Å²) in [5.74, 6) is 2.48. The Morgan fingerprint density at radius 2 is 2.15 bits per heavy atom. The van der Waals surface area contributed by atoms with Crippen molar-refractivity contribution in [1.82, 2.24) is 30.4 Å². The summed E-state index contributed by atoms with van der Waals surface area (Å²) < 4.78 is 1.96. The van der Waals surface area contributed by atoms with Gasteiger partial charge in [0, 0.05) is 29.5 Å². The number of aromatic nitrogens is 4. The maximum atomic E-state index is 4.66. The predicted octanol–water partition coefficient (Wildman–Crippen LogP) is 2.43. The topological polar surface area (TPSA) is 80.0 Å². The van der Waals surface area contributed by atoms with Crippen LogP contribution in [0.2, 0.25) is 0 Å². The van der Waals surface area contributed by atoms with E-state index < -0.39 is 0 Å². The van der Waals surface area contributed by atoms with E-state index in [-0.39, 0.29) is 0 Å². The van der Waals surface area contributed by atoms with Crippen molar-refractivity contribution in [1.29, 1.82) is 0 Å². The van der Waals surface area contributed by atoms with Gasteiger partial charge in [-0.2, -0.15) is 0 Å². The van der Waals surface area contributed by atoms with Crippen LogP contribution in [-0.2, 0) is 26.6 Å². The van der Waals surface area contributed by atoms with Crippen molar-refractivity contribution in [3.63, 3.8) is 0 Å². The van der Waals surface area contributed by atoms with Gasteiger partial charge in [-0.05, 0) is 31.7 Å². The summed E-state index contributed by atoms with van der Waals surface area (Å²) >= 11 is 3.46. The molecular formula is C17H23N7S2. The summed E-state index contributed by atoms with van der Waals surface area (Å²) in [5, 5.41) is 18.2. The number of nitrogens with zero attached hydrogens (tertiary/aromatic N) is 5. The highest BCUT2D eigenvalue weighted by atomic mass is 32.1. The largest absolute Gasteiger partial charge is 0.356 e. The minimum Gasteiger partial charge on any atom is -0.356 e. The van der Waals surface area contributed by atoms with Crippen molar-refractivity contribution in [2.45, 2.75) is 33.4 Å². The second-order valence-electron chi connectivity index (χ2n) is 5.86. The van der Waals surface area contributed by atoms with E-state index in [4.69, 9.17) is 0 Å². The zero-order valence-corrected chi connectivity index (χ0v) is 16.8. The maximum absolute atomic E-state index is 4.66. The molecule has 0 aliphatic carbocycles. The standard InChI is InChI=1S/C17H23N7S2/c1-12-9-19-16(26-12)11-21-17(18-7-6-14-5-4-8-25-14)20-10-15-23-22-13(2)24(15)3/h4-5,8-9H,6-7,10-11H2,1-3H3,(H2,18,20,21). The van der Waals surface area contributed by atoms with Crippen molar-refractivity contribution in [2.75, 3.05) is 6.54 Å². The van der Waals surface area contributed by atoms with Gasteiger partial charge in [0.05, 0.1) is 6.54 Å². The van der Waals surface area contributed by atoms with Crippen LogP contribution >= 0.6 is 22.7 Å². The Hall–Kier alpha value is -2.26. The number of aryl methyl sites for hydroxylation is 2. The molecular weight excluding hydrogens is 366 g/mol. The van der Waals surface area contributed by atoms with Crippen molar-refractivity contribution in [2.24, 2.45) is 12.0 Å². The third-order valence-electron chi connectivity index (χ3n) is 3.88. The molecule has 0 spiro atoms. The molecule has 9 heteroatoms. The highest BCUT2D eigenvalue weighted by molar-refractivity contribution is 7.11. The molecule has 0 saturated carbocycles. The lowest BCUT2D eigenvalue weighted by Crippen LogP contribution is -2.38. The van der Waals surface area contributed by atoms with Crippen LogP contribution in [0.1, 0.15) is 26.4 Å². The van der Waals surface area contributed by atoms with Crippen molar-refractivity contribution >= 4 is 28.6 Å². The lowest BCUT2D eigenvalue weighted by atomic mass is 10.3. The molecule has 3 heterocycles. The molecule has 0 unspecified atom stereocenters. The van der Waals surface area contributed by atoms with E-state index in [1.807, 2.05) is 24.7 Å². The van der Waals surface area contributed by atoms with Gasteiger partial charge in [0.2, 0.25) is 0 Å². The van der Waals surface area contributed by atoms with Gasteiger partial charge in [-0.1, -0.05) is 6.07 Å². The Morgan fingerprint density at radius 3 is 2.81 bits per heavy atom. The molecule has 0 atom stereocenters. The van der Waals surface area contributed by atoms with Gasteiger partial charge in [-0.15, -0.1) is 32.9 Å². The van der Waals surface area contributed by atoms with Gasteiger partial charge in [-0.25, -0.2) is 9.98 Å². The molecule has 0 aliphatic heterocycles. The van der Waals surface area contributed by atoms with Crippen LogP contribution in [0.3, 0.4) is 0 Å². The van der Waals surface area contributed by atoms with E-state index in [2.05, 4.69) is 55.2 Å². The molecule has 0 bridgehead atoms. The zero-order chi connectivity index (χ0) is 18.4. The lowest BCUT2D eigenvalue weighted by molar-refractivity contribution is 0.748. The summed E-state index contributed by atoms with van der Waals surface area (Å²) in [6.07, 6.45) is 2.86. The number of thiophene rings is 1. The van der Waals surface area contributed by atoms with Gasteiger partial charge in [0.25, 0.3) is 0 Å². The van der Waals surface area contributed by atoms with Crippen molar-refractivity contribution in [3.8, 4) is 0 Å². The van der Waals surface area contributed by atoms with Crippen LogP contribution < -0.4 is 10.6 Å². The number of hydrogen-bond donors (Lipinski definition) is 2. The van der Waals surface area contributed by atoms with Gasteiger partial charge in [0.1, 0.15) is 17.4 Å². The van der Waals surface area contributed by atoms with E-state index in [9.17, 15) is 0 Å². The summed E-state index contributed by atoms with van der Waals surface area (Å²) in [6, 6.07) is 4.23. The highest BCUT2D eigenvalue weighted by Crippen LogP contribution is 2.10. The van der Waals surface area contributed by atoms with Gasteiger partial charge >= 0.3 is 0 Å². The number of guanidine groups is 1. The van der Waals surface area contributed by atoms with Crippen LogP contribution in [0, 0.1) is 13.8 Å².